The van der Waals surface area contributed by atoms with Crippen LogP contribution in [0.2, 0.25) is 0 Å². The minimum Gasteiger partial charge on any atom is -0.444 e. The van der Waals surface area contributed by atoms with Crippen LogP contribution in [0.5, 0.6) is 0 Å². The first-order valence-electron chi connectivity index (χ1n) is 5.46. The molecule has 0 aromatic rings. The third kappa shape index (κ3) is 4.11. The molecule has 2 unspecified atom stereocenters. The number of hydrogen-bond acceptors (Lipinski definition) is 3. The van der Waals surface area contributed by atoms with Crippen LogP contribution in [-0.4, -0.2) is 30.9 Å². The third-order valence-electron chi connectivity index (χ3n) is 2.29. The summed E-state index contributed by atoms with van der Waals surface area (Å²) >= 11 is 0. The molecule has 1 heterocycles. The molecular formula is C12H19NO3. The summed E-state index contributed by atoms with van der Waals surface area (Å²) in [5.41, 5.74) is -0.505. The van der Waals surface area contributed by atoms with Gasteiger partial charge in [0.2, 0.25) is 0 Å². The molecule has 1 fully saturated rings. The lowest BCUT2D eigenvalue weighted by atomic mass is 10.00. The van der Waals surface area contributed by atoms with Crippen molar-refractivity contribution in [2.75, 3.05) is 13.2 Å². The summed E-state index contributed by atoms with van der Waals surface area (Å²) in [6, 6.07) is -0.308. The van der Waals surface area contributed by atoms with Crippen LogP contribution in [-0.2, 0) is 9.47 Å². The summed E-state index contributed by atoms with van der Waals surface area (Å²) in [4.78, 5) is 11.5. The number of ether oxygens (including phenoxy) is 2. The molecule has 1 N–H and O–H groups in total. The summed E-state index contributed by atoms with van der Waals surface area (Å²) in [6.07, 6.45) is 5.80. The van der Waals surface area contributed by atoms with Gasteiger partial charge in [0, 0.05) is 12.5 Å². The van der Waals surface area contributed by atoms with Crippen molar-refractivity contribution in [3.63, 3.8) is 0 Å². The topological polar surface area (TPSA) is 47.6 Å². The van der Waals surface area contributed by atoms with Crippen LogP contribution < -0.4 is 5.32 Å². The average Bonchev–Trinajstić information content (AvgIpc) is 2.63. The highest BCUT2D eigenvalue weighted by Gasteiger charge is 2.27. The number of alkyl carbamates (subject to hydrolysis) is 1. The van der Waals surface area contributed by atoms with E-state index in [1.54, 1.807) is 0 Å². The zero-order chi connectivity index (χ0) is 12.2. The van der Waals surface area contributed by atoms with Crippen molar-refractivity contribution in [3.8, 4) is 12.3 Å². The highest BCUT2D eigenvalue weighted by molar-refractivity contribution is 5.68. The lowest BCUT2D eigenvalue weighted by molar-refractivity contribution is 0.0500. The molecule has 0 spiro atoms. The molecular weight excluding hydrogens is 206 g/mol. The van der Waals surface area contributed by atoms with Crippen LogP contribution in [0, 0.1) is 18.3 Å². The molecule has 0 saturated carbocycles. The molecule has 1 aliphatic rings. The fraction of sp³-hybridized carbons (Fsp3) is 0.750. The van der Waals surface area contributed by atoms with Crippen molar-refractivity contribution in [1.29, 1.82) is 0 Å². The maximum atomic E-state index is 11.5. The van der Waals surface area contributed by atoms with Gasteiger partial charge >= 0.3 is 6.09 Å². The second-order valence-corrected chi connectivity index (χ2v) is 4.91. The molecule has 0 radical (unpaired) electrons. The van der Waals surface area contributed by atoms with Gasteiger partial charge in [-0.3, -0.25) is 0 Å². The van der Waals surface area contributed by atoms with Crippen LogP contribution >= 0.6 is 0 Å². The zero-order valence-electron chi connectivity index (χ0n) is 10.1. The molecule has 16 heavy (non-hydrogen) atoms. The molecule has 0 aromatic heterocycles. The molecule has 1 aliphatic heterocycles. The van der Waals surface area contributed by atoms with E-state index in [0.29, 0.717) is 13.2 Å². The van der Waals surface area contributed by atoms with E-state index >= 15 is 0 Å². The molecule has 0 bridgehead atoms. The Morgan fingerprint density at radius 1 is 1.62 bits per heavy atom. The van der Waals surface area contributed by atoms with E-state index < -0.39 is 11.7 Å². The molecule has 0 aliphatic carbocycles. The molecule has 1 amide bonds. The smallest absolute Gasteiger partial charge is 0.408 e. The first-order valence-corrected chi connectivity index (χ1v) is 5.46. The maximum Gasteiger partial charge on any atom is 0.408 e. The maximum absolute atomic E-state index is 11.5. The first kappa shape index (κ1) is 12.9. The van der Waals surface area contributed by atoms with Crippen LogP contribution in [0.15, 0.2) is 0 Å². The van der Waals surface area contributed by atoms with E-state index in [-0.39, 0.29) is 12.0 Å². The predicted octanol–water partition coefficient (Wildman–Crippen LogP) is 1.55. The van der Waals surface area contributed by atoms with Crippen molar-refractivity contribution in [1.82, 2.24) is 5.32 Å². The molecule has 4 heteroatoms. The van der Waals surface area contributed by atoms with Crippen molar-refractivity contribution in [2.24, 2.45) is 5.92 Å². The standard InChI is InChI=1S/C12H19NO3/c1-5-10(9-6-7-15-8-9)13-11(14)16-12(2,3)4/h1,9-10H,6-8H2,2-4H3,(H,13,14). The van der Waals surface area contributed by atoms with Crippen molar-refractivity contribution in [3.05, 3.63) is 0 Å². The zero-order valence-corrected chi connectivity index (χ0v) is 10.1. The Hall–Kier alpha value is -1.21. The number of nitrogens with one attached hydrogen (secondary N) is 1. The monoisotopic (exact) mass is 225 g/mol. The minimum atomic E-state index is -0.505. The Labute approximate surface area is 96.7 Å². The predicted molar refractivity (Wildman–Crippen MR) is 60.9 cm³/mol. The molecule has 1 rings (SSSR count). The van der Waals surface area contributed by atoms with Gasteiger partial charge < -0.3 is 14.8 Å². The number of carbonyl (C=O) groups excluding carboxylic acids is 1. The Morgan fingerprint density at radius 2 is 2.31 bits per heavy atom. The Morgan fingerprint density at radius 3 is 2.75 bits per heavy atom. The second-order valence-electron chi connectivity index (χ2n) is 4.91. The molecule has 90 valence electrons. The van der Waals surface area contributed by atoms with Gasteiger partial charge in [0.1, 0.15) is 5.60 Å². The number of carbonyl (C=O) groups is 1. The van der Waals surface area contributed by atoms with Gasteiger partial charge in [-0.25, -0.2) is 4.79 Å². The lowest BCUT2D eigenvalue weighted by Gasteiger charge is -2.23. The molecule has 2 atom stereocenters. The largest absolute Gasteiger partial charge is 0.444 e. The number of rotatable bonds is 2. The van der Waals surface area contributed by atoms with Gasteiger partial charge in [-0.1, -0.05) is 5.92 Å². The van der Waals surface area contributed by atoms with Gasteiger partial charge in [0.05, 0.1) is 12.6 Å². The second kappa shape index (κ2) is 5.22. The number of terminal acetylenes is 1. The van der Waals surface area contributed by atoms with Crippen LogP contribution in [0.1, 0.15) is 27.2 Å². The third-order valence-corrected chi connectivity index (χ3v) is 2.29. The molecule has 1 saturated heterocycles. The van der Waals surface area contributed by atoms with Crippen LogP contribution in [0.3, 0.4) is 0 Å². The van der Waals surface area contributed by atoms with Gasteiger partial charge in [0.15, 0.2) is 0 Å². The highest BCUT2D eigenvalue weighted by Crippen LogP contribution is 2.17. The summed E-state index contributed by atoms with van der Waals surface area (Å²) in [5.74, 6) is 2.76. The summed E-state index contributed by atoms with van der Waals surface area (Å²) in [5, 5.41) is 2.69. The van der Waals surface area contributed by atoms with Crippen molar-refractivity contribution in [2.45, 2.75) is 38.8 Å². The Bertz CT molecular complexity index is 282. The van der Waals surface area contributed by atoms with Crippen LogP contribution in [0.4, 0.5) is 4.79 Å². The van der Waals surface area contributed by atoms with Gasteiger partial charge in [-0.05, 0) is 27.2 Å². The van der Waals surface area contributed by atoms with Gasteiger partial charge in [-0.15, -0.1) is 6.42 Å². The van der Waals surface area contributed by atoms with E-state index in [0.717, 1.165) is 6.42 Å². The lowest BCUT2D eigenvalue weighted by Crippen LogP contribution is -2.42. The first-order chi connectivity index (χ1) is 7.42. The van der Waals surface area contributed by atoms with E-state index in [1.807, 2.05) is 20.8 Å². The average molecular weight is 225 g/mol. The molecule has 4 nitrogen and oxygen atoms in total. The van der Waals surface area contributed by atoms with E-state index in [1.165, 1.54) is 0 Å². The van der Waals surface area contributed by atoms with E-state index in [4.69, 9.17) is 15.9 Å². The fourth-order valence-corrected chi connectivity index (χ4v) is 1.55. The van der Waals surface area contributed by atoms with Gasteiger partial charge in [-0.2, -0.15) is 0 Å². The number of amides is 1. The Balaban J connectivity index is 2.44. The summed E-state index contributed by atoms with van der Waals surface area (Å²) < 4.78 is 10.4. The fourth-order valence-electron chi connectivity index (χ4n) is 1.55. The number of hydrogen-bond donors (Lipinski definition) is 1. The van der Waals surface area contributed by atoms with Gasteiger partial charge in [0.25, 0.3) is 0 Å². The van der Waals surface area contributed by atoms with Crippen LogP contribution in [0.25, 0.3) is 0 Å². The Kier molecular flexibility index (Phi) is 4.19. The van der Waals surface area contributed by atoms with Crippen molar-refractivity contribution >= 4 is 6.09 Å². The SMILES string of the molecule is C#CC(NC(=O)OC(C)(C)C)C1CCOC1. The minimum absolute atomic E-state index is 0.192. The quantitative estimate of drug-likeness (QED) is 0.725. The summed E-state index contributed by atoms with van der Waals surface area (Å²) in [6.45, 7) is 6.76. The van der Waals surface area contributed by atoms with E-state index in [2.05, 4.69) is 11.2 Å². The molecule has 0 aromatic carbocycles. The van der Waals surface area contributed by atoms with E-state index in [9.17, 15) is 4.79 Å². The highest BCUT2D eigenvalue weighted by atomic mass is 16.6. The van der Waals surface area contributed by atoms with Crippen molar-refractivity contribution < 1.29 is 14.3 Å². The normalized spacial score (nSPS) is 22.2. The summed E-state index contributed by atoms with van der Waals surface area (Å²) in [7, 11) is 0.